The molecule has 4 atom stereocenters. The van der Waals surface area contributed by atoms with Gasteiger partial charge in [-0.2, -0.15) is 4.98 Å². The fraction of sp³-hybridized carbons (Fsp3) is 0.556. The smallest absolute Gasteiger partial charge is 0.300 e. The molecule has 45 heavy (non-hydrogen) atoms. The largest absolute Gasteiger partial charge is 0.456 e. The second-order valence-corrected chi connectivity index (χ2v) is 17.7. The molecule has 2 aromatic carbocycles. The van der Waals surface area contributed by atoms with Crippen molar-refractivity contribution in [2.24, 2.45) is 0 Å². The first kappa shape index (κ1) is 35.0. The van der Waals surface area contributed by atoms with Crippen molar-refractivity contribution < 1.29 is 23.7 Å². The summed E-state index contributed by atoms with van der Waals surface area (Å²) in [7, 11) is -3.00. The lowest BCUT2D eigenvalue weighted by atomic mass is 9.90. The summed E-state index contributed by atoms with van der Waals surface area (Å²) in [5.74, 6) is 0. The molecule has 8 nitrogen and oxygen atoms in total. The van der Waals surface area contributed by atoms with Crippen LogP contribution in [0.1, 0.15) is 78.8 Å². The Morgan fingerprint density at radius 2 is 1.53 bits per heavy atom. The Bertz CT molecular complexity index is 1370. The van der Waals surface area contributed by atoms with Crippen LogP contribution in [0.2, 0.25) is 5.04 Å². The molecule has 0 amide bonds. The van der Waals surface area contributed by atoms with Gasteiger partial charge in [-0.25, -0.2) is 0 Å². The number of aliphatic hydroxyl groups is 1. The van der Waals surface area contributed by atoms with Gasteiger partial charge in [-0.05, 0) is 42.1 Å². The molecule has 1 N–H and O–H groups in total. The Hall–Kier alpha value is -2.82. The molecule has 0 radical (unpaired) electrons. The zero-order chi connectivity index (χ0) is 32.7. The molecule has 1 aliphatic heterocycles. The van der Waals surface area contributed by atoms with Crippen LogP contribution in [-0.2, 0) is 13.9 Å². The summed E-state index contributed by atoms with van der Waals surface area (Å²) >= 11 is 0. The monoisotopic (exact) mass is 636 g/mol. The van der Waals surface area contributed by atoms with Crippen LogP contribution in [-0.4, -0.2) is 67.2 Å². The van der Waals surface area contributed by atoms with Gasteiger partial charge in [-0.3, -0.25) is 9.36 Å². The standard InChI is InChI=1S/C36H52N2O6Si/c1-8-10-22-41-25-36(40,32(42-23-11-9-2)31-28(4)38-24-27(3)33(39)37-34(38)44-31)26-43-45(35(5,6)7,29-18-14-12-15-19-29)30-20-16-13-17-21-30/h12-21,24,28,31-32,40H,8-11,22-23,25-26H2,1-7H3/t28-,31?,32?,36+/m1/s1. The van der Waals surface area contributed by atoms with Gasteiger partial charge in [0.1, 0.15) is 11.7 Å². The van der Waals surface area contributed by atoms with Gasteiger partial charge in [0.25, 0.3) is 13.9 Å². The van der Waals surface area contributed by atoms with E-state index in [9.17, 15) is 9.90 Å². The van der Waals surface area contributed by atoms with Gasteiger partial charge < -0.3 is 23.7 Å². The number of hydrogen-bond donors (Lipinski definition) is 1. The average Bonchev–Trinajstić information content (AvgIpc) is 3.32. The molecule has 0 fully saturated rings. The average molecular weight is 637 g/mol. The predicted octanol–water partition coefficient (Wildman–Crippen LogP) is 5.18. The molecule has 3 aromatic rings. The third-order valence-electron chi connectivity index (χ3n) is 8.82. The highest BCUT2D eigenvalue weighted by atomic mass is 28.4. The highest BCUT2D eigenvalue weighted by Crippen LogP contribution is 2.39. The van der Waals surface area contributed by atoms with Crippen molar-refractivity contribution >= 4 is 18.7 Å². The highest BCUT2D eigenvalue weighted by Gasteiger charge is 2.55. The molecule has 1 aromatic heterocycles. The topological polar surface area (TPSA) is 92.0 Å². The zero-order valence-corrected chi connectivity index (χ0v) is 29.1. The van der Waals surface area contributed by atoms with Crippen LogP contribution >= 0.6 is 0 Å². The minimum absolute atomic E-state index is 0.00878. The molecule has 2 heterocycles. The number of benzene rings is 2. The summed E-state index contributed by atoms with van der Waals surface area (Å²) < 4.78 is 28.3. The van der Waals surface area contributed by atoms with E-state index in [1.165, 1.54) is 0 Å². The van der Waals surface area contributed by atoms with E-state index in [-0.39, 0.29) is 35.9 Å². The summed E-state index contributed by atoms with van der Waals surface area (Å²) in [5.41, 5.74) is -1.37. The molecule has 1 aliphatic rings. The highest BCUT2D eigenvalue weighted by molar-refractivity contribution is 6.99. The minimum atomic E-state index is -3.00. The Morgan fingerprint density at radius 3 is 2.09 bits per heavy atom. The Kier molecular flexibility index (Phi) is 11.8. The van der Waals surface area contributed by atoms with Crippen LogP contribution in [0.15, 0.2) is 71.7 Å². The number of rotatable bonds is 16. The van der Waals surface area contributed by atoms with Crippen molar-refractivity contribution in [1.82, 2.24) is 9.55 Å². The molecular weight excluding hydrogens is 584 g/mol. The Labute approximate surface area is 269 Å². The van der Waals surface area contributed by atoms with E-state index in [0.717, 1.165) is 36.1 Å². The third-order valence-corrected chi connectivity index (χ3v) is 13.8. The van der Waals surface area contributed by atoms with Crippen LogP contribution in [0.3, 0.4) is 0 Å². The lowest BCUT2D eigenvalue weighted by molar-refractivity contribution is -0.188. The lowest BCUT2D eigenvalue weighted by Crippen LogP contribution is -2.69. The number of aryl methyl sites for hydroxylation is 1. The number of ether oxygens (including phenoxy) is 3. The van der Waals surface area contributed by atoms with Gasteiger partial charge in [0.15, 0.2) is 6.10 Å². The molecule has 246 valence electrons. The van der Waals surface area contributed by atoms with Crippen molar-refractivity contribution in [1.29, 1.82) is 0 Å². The van der Waals surface area contributed by atoms with E-state index in [2.05, 4.69) is 63.9 Å². The van der Waals surface area contributed by atoms with Gasteiger partial charge >= 0.3 is 6.01 Å². The predicted molar refractivity (Wildman–Crippen MR) is 181 cm³/mol. The first-order valence-electron chi connectivity index (χ1n) is 16.4. The molecule has 0 aliphatic carbocycles. The molecule has 0 spiro atoms. The number of nitrogens with zero attached hydrogens (tertiary/aromatic N) is 2. The van der Waals surface area contributed by atoms with Crippen molar-refractivity contribution in [3.63, 3.8) is 0 Å². The SMILES string of the molecule is CCCCOC[C@](O)(CO[Si](c1ccccc1)(c1ccccc1)C(C)(C)C)C(OCCCC)C1Oc2nc(=O)c(C)cn2[C@@H]1C. The Morgan fingerprint density at radius 1 is 0.956 bits per heavy atom. The first-order valence-corrected chi connectivity index (χ1v) is 18.3. The van der Waals surface area contributed by atoms with E-state index in [0.29, 0.717) is 18.8 Å². The molecular formula is C36H52N2O6Si. The second-order valence-electron chi connectivity index (χ2n) is 13.3. The van der Waals surface area contributed by atoms with Gasteiger partial charge in [-0.15, -0.1) is 0 Å². The Balaban J connectivity index is 1.80. The number of aromatic nitrogens is 2. The number of hydrogen-bond acceptors (Lipinski definition) is 7. The summed E-state index contributed by atoms with van der Waals surface area (Å²) in [6.45, 7) is 15.5. The number of fused-ring (bicyclic) bond motifs is 1. The first-order chi connectivity index (χ1) is 21.5. The zero-order valence-electron chi connectivity index (χ0n) is 28.1. The fourth-order valence-electron chi connectivity index (χ4n) is 6.23. The van der Waals surface area contributed by atoms with Crippen molar-refractivity contribution in [3.8, 4) is 6.01 Å². The van der Waals surface area contributed by atoms with E-state index in [4.69, 9.17) is 18.6 Å². The van der Waals surface area contributed by atoms with E-state index in [1.807, 2.05) is 47.9 Å². The quantitative estimate of drug-likeness (QED) is 0.171. The molecule has 9 heteroatoms. The molecule has 0 bridgehead atoms. The maximum absolute atomic E-state index is 12.8. The molecule has 0 saturated carbocycles. The normalized spacial score (nSPS) is 18.7. The van der Waals surface area contributed by atoms with Crippen molar-refractivity contribution in [3.05, 3.63) is 82.8 Å². The van der Waals surface area contributed by atoms with Crippen LogP contribution in [0.5, 0.6) is 6.01 Å². The number of unbranched alkanes of at least 4 members (excludes halogenated alkanes) is 2. The lowest BCUT2D eigenvalue weighted by Gasteiger charge is -2.46. The van der Waals surface area contributed by atoms with Crippen LogP contribution in [0.25, 0.3) is 0 Å². The summed E-state index contributed by atoms with van der Waals surface area (Å²) in [5, 5.41) is 14.8. The summed E-state index contributed by atoms with van der Waals surface area (Å²) in [6, 6.07) is 20.8. The maximum Gasteiger partial charge on any atom is 0.300 e. The van der Waals surface area contributed by atoms with E-state index in [1.54, 1.807) is 13.1 Å². The third kappa shape index (κ3) is 7.60. The second kappa shape index (κ2) is 15.2. The minimum Gasteiger partial charge on any atom is -0.456 e. The molecule has 2 unspecified atom stereocenters. The van der Waals surface area contributed by atoms with Gasteiger partial charge in [0, 0.05) is 25.0 Å². The molecule has 4 rings (SSSR count). The summed E-state index contributed by atoms with van der Waals surface area (Å²) in [4.78, 5) is 16.6. The van der Waals surface area contributed by atoms with Gasteiger partial charge in [0.05, 0.1) is 19.3 Å². The van der Waals surface area contributed by atoms with E-state index >= 15 is 0 Å². The summed E-state index contributed by atoms with van der Waals surface area (Å²) in [6.07, 6.45) is 3.93. The van der Waals surface area contributed by atoms with E-state index < -0.39 is 26.1 Å². The van der Waals surface area contributed by atoms with Crippen LogP contribution < -0.4 is 20.7 Å². The van der Waals surface area contributed by atoms with Crippen LogP contribution in [0.4, 0.5) is 0 Å². The van der Waals surface area contributed by atoms with Crippen molar-refractivity contribution in [2.45, 2.75) is 103 Å². The van der Waals surface area contributed by atoms with Crippen LogP contribution in [0, 0.1) is 6.92 Å². The van der Waals surface area contributed by atoms with Crippen molar-refractivity contribution in [2.75, 3.05) is 26.4 Å². The molecule has 0 saturated heterocycles. The maximum atomic E-state index is 12.8. The van der Waals surface area contributed by atoms with Gasteiger partial charge in [0.2, 0.25) is 0 Å². The van der Waals surface area contributed by atoms with Gasteiger partial charge in [-0.1, -0.05) is 108 Å². The fourth-order valence-corrected chi connectivity index (χ4v) is 10.9.